The van der Waals surface area contributed by atoms with Crippen molar-refractivity contribution in [2.45, 2.75) is 71.9 Å². The molecule has 104 valence electrons. The number of unbranched alkanes of at least 4 members (excludes halogenated alkanes) is 3. The summed E-state index contributed by atoms with van der Waals surface area (Å²) in [6.45, 7) is 7.33. The van der Waals surface area contributed by atoms with E-state index in [2.05, 4.69) is 35.1 Å². The van der Waals surface area contributed by atoms with E-state index >= 15 is 0 Å². The molecule has 0 amide bonds. The summed E-state index contributed by atoms with van der Waals surface area (Å²) in [6, 6.07) is 2.53. The molecule has 0 aliphatic rings. The quantitative estimate of drug-likeness (QED) is 0.403. The number of hydrogen-bond acceptors (Lipinski definition) is 3. The lowest BCUT2D eigenvalue weighted by atomic mass is 10.0. The number of nitrogens with one attached hydrogen (secondary N) is 1. The minimum atomic E-state index is 0.364. The fraction of sp³-hybridized carbons (Fsp3) is 0.786. The molecule has 0 saturated heterocycles. The third kappa shape index (κ3) is 4.78. The summed E-state index contributed by atoms with van der Waals surface area (Å²) in [6.07, 6.45) is 7.27. The molecule has 3 N–H and O–H groups in total. The Morgan fingerprint density at radius 2 is 2.11 bits per heavy atom. The largest absolute Gasteiger partial charge is 0.271 e. The topological polar surface area (TPSA) is 55.9 Å². The predicted octanol–water partition coefficient (Wildman–Crippen LogP) is 2.56. The van der Waals surface area contributed by atoms with Crippen LogP contribution in [-0.4, -0.2) is 15.8 Å². The van der Waals surface area contributed by atoms with Crippen LogP contribution in [0.15, 0.2) is 6.07 Å². The van der Waals surface area contributed by atoms with Crippen molar-refractivity contribution in [1.82, 2.24) is 15.2 Å². The van der Waals surface area contributed by atoms with Crippen molar-refractivity contribution in [3.8, 4) is 0 Å². The third-order valence-corrected chi connectivity index (χ3v) is 3.38. The van der Waals surface area contributed by atoms with Gasteiger partial charge in [0, 0.05) is 24.7 Å². The molecule has 18 heavy (non-hydrogen) atoms. The van der Waals surface area contributed by atoms with Crippen LogP contribution in [0.2, 0.25) is 0 Å². The van der Waals surface area contributed by atoms with Crippen LogP contribution >= 0.6 is 0 Å². The Balaban J connectivity index is 2.46. The van der Waals surface area contributed by atoms with Gasteiger partial charge in [0.2, 0.25) is 0 Å². The predicted molar refractivity (Wildman–Crippen MR) is 76.2 cm³/mol. The van der Waals surface area contributed by atoms with E-state index in [0.717, 1.165) is 25.1 Å². The second-order valence-electron chi connectivity index (χ2n) is 5.01. The molecule has 0 radical (unpaired) electrons. The molecule has 1 atom stereocenters. The van der Waals surface area contributed by atoms with Crippen LogP contribution in [0.25, 0.3) is 0 Å². The normalized spacial score (nSPS) is 12.9. The summed E-state index contributed by atoms with van der Waals surface area (Å²) in [5.41, 5.74) is 5.32. The minimum absolute atomic E-state index is 0.364. The maximum absolute atomic E-state index is 5.65. The van der Waals surface area contributed by atoms with Crippen LogP contribution in [0.4, 0.5) is 0 Å². The Labute approximate surface area is 111 Å². The van der Waals surface area contributed by atoms with Crippen molar-refractivity contribution in [2.24, 2.45) is 5.84 Å². The van der Waals surface area contributed by atoms with E-state index in [1.54, 1.807) is 0 Å². The second-order valence-corrected chi connectivity index (χ2v) is 5.01. The number of rotatable bonds is 9. The molecule has 0 bridgehead atoms. The summed E-state index contributed by atoms with van der Waals surface area (Å²) >= 11 is 0. The summed E-state index contributed by atoms with van der Waals surface area (Å²) < 4.78 is 2.08. The monoisotopic (exact) mass is 252 g/mol. The molecule has 0 aliphatic heterocycles. The van der Waals surface area contributed by atoms with Gasteiger partial charge in [-0.3, -0.25) is 16.0 Å². The van der Waals surface area contributed by atoms with E-state index in [9.17, 15) is 0 Å². The number of hydrazine groups is 1. The van der Waals surface area contributed by atoms with Gasteiger partial charge < -0.3 is 0 Å². The van der Waals surface area contributed by atoms with Gasteiger partial charge in [-0.1, -0.05) is 32.6 Å². The molecule has 0 aromatic carbocycles. The Bertz CT molecular complexity index is 333. The summed E-state index contributed by atoms with van der Waals surface area (Å²) in [4.78, 5) is 0. The van der Waals surface area contributed by atoms with Crippen molar-refractivity contribution >= 4 is 0 Å². The van der Waals surface area contributed by atoms with Crippen LogP contribution in [0.5, 0.6) is 0 Å². The Morgan fingerprint density at radius 1 is 1.33 bits per heavy atom. The number of nitrogens with zero attached hydrogens (tertiary/aromatic N) is 2. The lowest BCUT2D eigenvalue weighted by Gasteiger charge is -2.16. The van der Waals surface area contributed by atoms with Crippen molar-refractivity contribution in [3.63, 3.8) is 0 Å². The molecule has 1 aromatic heterocycles. The van der Waals surface area contributed by atoms with Gasteiger partial charge in [-0.25, -0.2) is 0 Å². The van der Waals surface area contributed by atoms with Gasteiger partial charge >= 0.3 is 0 Å². The van der Waals surface area contributed by atoms with Gasteiger partial charge in [-0.15, -0.1) is 0 Å². The molecule has 1 unspecified atom stereocenters. The highest BCUT2D eigenvalue weighted by Gasteiger charge is 2.11. The lowest BCUT2D eigenvalue weighted by molar-refractivity contribution is 0.448. The first-order chi connectivity index (χ1) is 8.71. The average molecular weight is 252 g/mol. The van der Waals surface area contributed by atoms with Crippen molar-refractivity contribution < 1.29 is 0 Å². The molecule has 0 aliphatic carbocycles. The Hall–Kier alpha value is -0.870. The van der Waals surface area contributed by atoms with Gasteiger partial charge in [0.25, 0.3) is 0 Å². The molecule has 4 heteroatoms. The zero-order valence-corrected chi connectivity index (χ0v) is 12.1. The number of hydrogen-bond donors (Lipinski definition) is 2. The first-order valence-corrected chi connectivity index (χ1v) is 7.20. The SMILES string of the molecule is CCCCCCC(Cc1cc(C)nn1CC)NN. The smallest absolute Gasteiger partial charge is 0.0596 e. The zero-order valence-electron chi connectivity index (χ0n) is 12.1. The lowest BCUT2D eigenvalue weighted by Crippen LogP contribution is -2.37. The second kappa shape index (κ2) is 8.27. The Kier molecular flexibility index (Phi) is 6.98. The van der Waals surface area contributed by atoms with Gasteiger partial charge in [0.05, 0.1) is 5.69 Å². The fourth-order valence-electron chi connectivity index (χ4n) is 2.35. The molecule has 1 rings (SSSR count). The van der Waals surface area contributed by atoms with Crippen molar-refractivity contribution in [3.05, 3.63) is 17.5 Å². The molecule has 0 saturated carbocycles. The number of aryl methyl sites for hydroxylation is 2. The third-order valence-electron chi connectivity index (χ3n) is 3.38. The van der Waals surface area contributed by atoms with E-state index in [1.807, 2.05) is 6.92 Å². The molecule has 0 fully saturated rings. The highest BCUT2D eigenvalue weighted by Crippen LogP contribution is 2.12. The van der Waals surface area contributed by atoms with Crippen LogP contribution in [0, 0.1) is 6.92 Å². The van der Waals surface area contributed by atoms with Gasteiger partial charge in [-0.05, 0) is 26.3 Å². The molecule has 1 aromatic rings. The fourth-order valence-corrected chi connectivity index (χ4v) is 2.35. The van der Waals surface area contributed by atoms with Crippen LogP contribution < -0.4 is 11.3 Å². The average Bonchev–Trinajstić information content (AvgIpc) is 2.73. The van der Waals surface area contributed by atoms with Gasteiger partial charge in [0.1, 0.15) is 0 Å². The number of aromatic nitrogens is 2. The van der Waals surface area contributed by atoms with E-state index < -0.39 is 0 Å². The molecular formula is C14H28N4. The maximum atomic E-state index is 5.65. The highest BCUT2D eigenvalue weighted by atomic mass is 15.3. The first kappa shape index (κ1) is 15.2. The molecule has 1 heterocycles. The van der Waals surface area contributed by atoms with Crippen LogP contribution in [-0.2, 0) is 13.0 Å². The molecule has 0 spiro atoms. The van der Waals surface area contributed by atoms with E-state index in [4.69, 9.17) is 5.84 Å². The standard InChI is InChI=1S/C14H28N4/c1-4-6-7-8-9-13(16-15)11-14-10-12(3)17-18(14)5-2/h10,13,16H,4-9,11,15H2,1-3H3. The molecule has 4 nitrogen and oxygen atoms in total. The summed E-state index contributed by atoms with van der Waals surface area (Å²) in [7, 11) is 0. The first-order valence-electron chi connectivity index (χ1n) is 7.20. The zero-order chi connectivity index (χ0) is 13.4. The van der Waals surface area contributed by atoms with E-state index in [0.29, 0.717) is 6.04 Å². The van der Waals surface area contributed by atoms with Crippen molar-refractivity contribution in [1.29, 1.82) is 0 Å². The minimum Gasteiger partial charge on any atom is -0.271 e. The summed E-state index contributed by atoms with van der Waals surface area (Å²) in [5.74, 6) is 5.65. The molecular weight excluding hydrogens is 224 g/mol. The van der Waals surface area contributed by atoms with E-state index in [1.165, 1.54) is 31.4 Å². The van der Waals surface area contributed by atoms with Crippen molar-refractivity contribution in [2.75, 3.05) is 0 Å². The summed E-state index contributed by atoms with van der Waals surface area (Å²) in [5, 5.41) is 4.47. The van der Waals surface area contributed by atoms with Gasteiger partial charge in [-0.2, -0.15) is 5.10 Å². The van der Waals surface area contributed by atoms with Crippen LogP contribution in [0.1, 0.15) is 57.3 Å². The highest BCUT2D eigenvalue weighted by molar-refractivity contribution is 5.10. The number of nitrogens with two attached hydrogens (primary N) is 1. The Morgan fingerprint density at radius 3 is 2.72 bits per heavy atom. The maximum Gasteiger partial charge on any atom is 0.0596 e. The van der Waals surface area contributed by atoms with Gasteiger partial charge in [0.15, 0.2) is 0 Å². The van der Waals surface area contributed by atoms with E-state index in [-0.39, 0.29) is 0 Å². The van der Waals surface area contributed by atoms with Crippen LogP contribution in [0.3, 0.4) is 0 Å².